The lowest BCUT2D eigenvalue weighted by molar-refractivity contribution is -0.110. The summed E-state index contributed by atoms with van der Waals surface area (Å²) in [5, 5.41) is 21.3. The average molecular weight is 275 g/mol. The highest BCUT2D eigenvalue weighted by atomic mass is 16.3. The largest absolute Gasteiger partial charge is 0.508 e. The number of benzene rings is 1. The Hall–Kier alpha value is -1.06. The Kier molecular flexibility index (Phi) is 3.11. The minimum atomic E-state index is -0.682. The first-order chi connectivity index (χ1) is 9.41. The third-order valence-electron chi connectivity index (χ3n) is 5.97. The predicted octanol–water partition coefficient (Wildman–Crippen LogP) is 2.58. The minimum Gasteiger partial charge on any atom is -0.508 e. The Morgan fingerprint density at radius 2 is 2.00 bits per heavy atom. The van der Waals surface area contributed by atoms with Crippen molar-refractivity contribution in [2.75, 3.05) is 13.6 Å². The number of aromatic hydroxyl groups is 1. The zero-order valence-electron chi connectivity index (χ0n) is 12.7. The van der Waals surface area contributed by atoms with Crippen molar-refractivity contribution in [2.45, 2.75) is 56.6 Å². The summed E-state index contributed by atoms with van der Waals surface area (Å²) in [5.41, 5.74) is 1.46. The normalized spacial score (nSPS) is 37.9. The van der Waals surface area contributed by atoms with Gasteiger partial charge in [0, 0.05) is 11.5 Å². The molecule has 1 saturated heterocycles. The molecule has 0 spiro atoms. The molecule has 3 heteroatoms. The molecule has 0 bridgehead atoms. The van der Waals surface area contributed by atoms with E-state index in [0.717, 1.165) is 37.8 Å². The Morgan fingerprint density at radius 1 is 1.25 bits per heavy atom. The van der Waals surface area contributed by atoms with Crippen LogP contribution >= 0.6 is 0 Å². The van der Waals surface area contributed by atoms with Gasteiger partial charge in [0.1, 0.15) is 5.75 Å². The number of hydrogen-bond donors (Lipinski definition) is 2. The topological polar surface area (TPSA) is 43.7 Å². The molecule has 3 nitrogen and oxygen atoms in total. The number of phenolic OH excluding ortho intramolecular Hbond substituents is 1. The fourth-order valence-electron chi connectivity index (χ4n) is 4.62. The highest BCUT2D eigenvalue weighted by Crippen LogP contribution is 2.56. The van der Waals surface area contributed by atoms with Crippen LogP contribution in [-0.4, -0.2) is 40.3 Å². The van der Waals surface area contributed by atoms with Gasteiger partial charge >= 0.3 is 0 Å². The maximum atomic E-state index is 11.4. The molecule has 110 valence electrons. The van der Waals surface area contributed by atoms with Crippen molar-refractivity contribution in [3.05, 3.63) is 29.3 Å². The quantitative estimate of drug-likeness (QED) is 0.828. The highest BCUT2D eigenvalue weighted by molar-refractivity contribution is 5.44. The van der Waals surface area contributed by atoms with Crippen LogP contribution in [0.3, 0.4) is 0 Å². The highest BCUT2D eigenvalue weighted by Gasteiger charge is 2.60. The lowest BCUT2D eigenvalue weighted by atomic mass is 9.61. The molecule has 1 aromatic rings. The fourth-order valence-corrected chi connectivity index (χ4v) is 4.62. The maximum absolute atomic E-state index is 11.4. The molecule has 0 aromatic heterocycles. The predicted molar refractivity (Wildman–Crippen MR) is 80.0 cm³/mol. The number of fused-ring (bicyclic) bond motifs is 1. The van der Waals surface area contributed by atoms with Crippen molar-refractivity contribution >= 4 is 0 Å². The van der Waals surface area contributed by atoms with Crippen LogP contribution < -0.4 is 0 Å². The van der Waals surface area contributed by atoms with Crippen LogP contribution in [0, 0.1) is 6.92 Å². The standard InChI is InChI=1S/C17H25NO2/c1-12-5-6-14(19)11-15(12)16-7-4-8-17(16,20)13(2)18(3)10-9-16/h5-6,11,13,19-20H,4,7-10H2,1-3H3/t13-,16+,17?/m1/s1. The minimum absolute atomic E-state index is 0.153. The molecule has 0 radical (unpaired) electrons. The number of piperidine rings is 1. The first-order valence-electron chi connectivity index (χ1n) is 7.63. The van der Waals surface area contributed by atoms with Crippen molar-refractivity contribution in [1.82, 2.24) is 4.90 Å². The second-order valence-electron chi connectivity index (χ2n) is 6.77. The molecule has 2 fully saturated rings. The summed E-state index contributed by atoms with van der Waals surface area (Å²) in [6, 6.07) is 5.74. The Labute approximate surface area is 121 Å². The Morgan fingerprint density at radius 3 is 2.75 bits per heavy atom. The second-order valence-corrected chi connectivity index (χ2v) is 6.77. The number of phenols is 1. The monoisotopic (exact) mass is 275 g/mol. The van der Waals surface area contributed by atoms with Gasteiger partial charge < -0.3 is 15.1 Å². The SMILES string of the molecule is Cc1ccc(O)cc1[C@@]12CCCC1(O)[C@@H](C)N(C)CC2. The molecule has 1 aliphatic heterocycles. The first kappa shape index (κ1) is 13.9. The van der Waals surface area contributed by atoms with Gasteiger partial charge in [0.05, 0.1) is 5.60 Å². The van der Waals surface area contributed by atoms with E-state index in [2.05, 4.69) is 25.8 Å². The van der Waals surface area contributed by atoms with E-state index >= 15 is 0 Å². The molecule has 3 rings (SSSR count). The van der Waals surface area contributed by atoms with Crippen LogP contribution in [0.2, 0.25) is 0 Å². The van der Waals surface area contributed by atoms with Gasteiger partial charge in [-0.15, -0.1) is 0 Å². The average Bonchev–Trinajstić information content (AvgIpc) is 2.77. The number of hydrogen-bond acceptors (Lipinski definition) is 3. The molecule has 2 N–H and O–H groups in total. The molecular weight excluding hydrogens is 250 g/mol. The van der Waals surface area contributed by atoms with Crippen molar-refractivity contribution in [3.63, 3.8) is 0 Å². The zero-order valence-corrected chi connectivity index (χ0v) is 12.7. The summed E-state index contributed by atoms with van der Waals surface area (Å²) in [6.07, 6.45) is 3.90. The molecule has 20 heavy (non-hydrogen) atoms. The van der Waals surface area contributed by atoms with E-state index in [-0.39, 0.29) is 11.5 Å². The summed E-state index contributed by atoms with van der Waals surface area (Å²) >= 11 is 0. The third-order valence-corrected chi connectivity index (χ3v) is 5.97. The summed E-state index contributed by atoms with van der Waals surface area (Å²) in [5.74, 6) is 0.306. The van der Waals surface area contributed by atoms with E-state index in [1.807, 2.05) is 12.1 Å². The van der Waals surface area contributed by atoms with Crippen LogP contribution in [-0.2, 0) is 5.41 Å². The van der Waals surface area contributed by atoms with Gasteiger partial charge in [-0.1, -0.05) is 6.07 Å². The van der Waals surface area contributed by atoms with E-state index < -0.39 is 5.60 Å². The molecule has 3 atom stereocenters. The van der Waals surface area contributed by atoms with Crippen LogP contribution in [0.5, 0.6) is 5.75 Å². The summed E-state index contributed by atoms with van der Waals surface area (Å²) in [4.78, 5) is 2.27. The van der Waals surface area contributed by atoms with Crippen molar-refractivity contribution in [2.24, 2.45) is 0 Å². The van der Waals surface area contributed by atoms with E-state index in [1.54, 1.807) is 6.07 Å². The number of rotatable bonds is 1. The molecule has 1 aliphatic carbocycles. The van der Waals surface area contributed by atoms with Crippen molar-refractivity contribution in [3.8, 4) is 5.75 Å². The molecule has 0 amide bonds. The van der Waals surface area contributed by atoms with Crippen molar-refractivity contribution in [1.29, 1.82) is 0 Å². The van der Waals surface area contributed by atoms with Gasteiger partial charge in [-0.2, -0.15) is 0 Å². The maximum Gasteiger partial charge on any atom is 0.115 e. The fraction of sp³-hybridized carbons (Fsp3) is 0.647. The third kappa shape index (κ3) is 1.66. The number of likely N-dealkylation sites (tertiary alicyclic amines) is 1. The van der Waals surface area contributed by atoms with Gasteiger partial charge in [-0.05, 0) is 76.4 Å². The summed E-state index contributed by atoms with van der Waals surface area (Å²) < 4.78 is 0. The second kappa shape index (κ2) is 4.47. The molecule has 1 saturated carbocycles. The van der Waals surface area contributed by atoms with Crippen LogP contribution in [0.4, 0.5) is 0 Å². The van der Waals surface area contributed by atoms with E-state index in [1.165, 1.54) is 5.56 Å². The van der Waals surface area contributed by atoms with E-state index in [0.29, 0.717) is 5.75 Å². The lowest BCUT2D eigenvalue weighted by Gasteiger charge is -2.54. The van der Waals surface area contributed by atoms with E-state index in [9.17, 15) is 10.2 Å². The van der Waals surface area contributed by atoms with Gasteiger partial charge in [0.15, 0.2) is 0 Å². The van der Waals surface area contributed by atoms with Gasteiger partial charge in [-0.3, -0.25) is 0 Å². The van der Waals surface area contributed by atoms with Crippen molar-refractivity contribution < 1.29 is 10.2 Å². The lowest BCUT2D eigenvalue weighted by Crippen LogP contribution is -2.64. The zero-order chi connectivity index (χ0) is 14.5. The smallest absolute Gasteiger partial charge is 0.115 e. The molecule has 1 heterocycles. The first-order valence-corrected chi connectivity index (χ1v) is 7.63. The summed E-state index contributed by atoms with van der Waals surface area (Å²) in [6.45, 7) is 5.22. The van der Waals surface area contributed by atoms with Gasteiger partial charge in [0.25, 0.3) is 0 Å². The number of aryl methyl sites for hydroxylation is 1. The van der Waals surface area contributed by atoms with E-state index in [4.69, 9.17) is 0 Å². The number of nitrogens with zero attached hydrogens (tertiary/aromatic N) is 1. The summed E-state index contributed by atoms with van der Waals surface area (Å²) in [7, 11) is 2.10. The number of likely N-dealkylation sites (N-methyl/N-ethyl adjacent to an activating group) is 1. The van der Waals surface area contributed by atoms with Crippen LogP contribution in [0.15, 0.2) is 18.2 Å². The Balaban J connectivity index is 2.16. The number of aliphatic hydroxyl groups is 1. The molecule has 1 aromatic carbocycles. The van der Waals surface area contributed by atoms with Crippen LogP contribution in [0.1, 0.15) is 43.7 Å². The van der Waals surface area contributed by atoms with Crippen LogP contribution in [0.25, 0.3) is 0 Å². The molecule has 1 unspecified atom stereocenters. The Bertz CT molecular complexity index is 530. The van der Waals surface area contributed by atoms with Gasteiger partial charge in [0.2, 0.25) is 0 Å². The molecular formula is C17H25NO2. The molecule has 2 aliphatic rings. The van der Waals surface area contributed by atoms with Gasteiger partial charge in [-0.25, -0.2) is 0 Å².